The number of likely N-dealkylation sites (tertiary alicyclic amines) is 1. The Hall–Kier alpha value is -3.92. The predicted octanol–water partition coefficient (Wildman–Crippen LogP) is 4.51. The lowest BCUT2D eigenvalue weighted by atomic mass is 9.85. The molecule has 45 heavy (non-hydrogen) atoms. The molecule has 1 saturated heterocycles. The summed E-state index contributed by atoms with van der Waals surface area (Å²) in [6.07, 6.45) is 0.535. The molecule has 4 rings (SSSR count). The highest BCUT2D eigenvalue weighted by atomic mass is 16.6. The molecule has 2 aromatic carbocycles. The van der Waals surface area contributed by atoms with Gasteiger partial charge in [0.1, 0.15) is 28.8 Å². The van der Waals surface area contributed by atoms with Gasteiger partial charge in [-0.2, -0.15) is 0 Å². The Morgan fingerprint density at radius 1 is 0.956 bits per heavy atom. The van der Waals surface area contributed by atoms with Gasteiger partial charge in [-0.05, 0) is 55.2 Å². The Morgan fingerprint density at radius 3 is 2.04 bits per heavy atom. The molecule has 1 aliphatic carbocycles. The highest BCUT2D eigenvalue weighted by molar-refractivity contribution is 5.97. The van der Waals surface area contributed by atoms with Gasteiger partial charge in [0.05, 0.1) is 6.54 Å². The molecule has 0 spiro atoms. The number of rotatable bonds is 9. The van der Waals surface area contributed by atoms with E-state index in [-0.39, 0.29) is 18.9 Å². The molecule has 2 fully saturated rings. The monoisotopic (exact) mass is 620 g/mol. The van der Waals surface area contributed by atoms with Crippen LogP contribution in [0.2, 0.25) is 0 Å². The number of benzene rings is 2. The van der Waals surface area contributed by atoms with Crippen molar-refractivity contribution in [2.24, 2.45) is 17.1 Å². The molecule has 2 aromatic rings. The van der Waals surface area contributed by atoms with Crippen LogP contribution >= 0.6 is 0 Å². The van der Waals surface area contributed by atoms with E-state index in [1.165, 1.54) is 4.90 Å². The summed E-state index contributed by atoms with van der Waals surface area (Å²) >= 11 is 0. The number of carbonyl (C=O) groups is 4. The first-order valence-electron chi connectivity index (χ1n) is 15.6. The average molecular weight is 621 g/mol. The van der Waals surface area contributed by atoms with Gasteiger partial charge in [0, 0.05) is 13.5 Å². The third-order valence-corrected chi connectivity index (χ3v) is 8.98. The molecule has 244 valence electrons. The van der Waals surface area contributed by atoms with Crippen LogP contribution in [0.25, 0.3) is 11.1 Å². The Labute approximate surface area is 266 Å². The molecule has 5 atom stereocenters. The van der Waals surface area contributed by atoms with E-state index in [9.17, 15) is 19.2 Å². The normalized spacial score (nSPS) is 25.3. The summed E-state index contributed by atoms with van der Waals surface area (Å²) < 4.78 is 11.6. The lowest BCUT2D eigenvalue weighted by molar-refractivity contribution is -0.143. The Balaban J connectivity index is 1.71. The van der Waals surface area contributed by atoms with Gasteiger partial charge < -0.3 is 30.7 Å². The van der Waals surface area contributed by atoms with Crippen molar-refractivity contribution in [3.8, 4) is 11.1 Å². The number of carbonyl (C=O) groups excluding carboxylic acids is 4. The van der Waals surface area contributed by atoms with E-state index in [4.69, 9.17) is 15.2 Å². The minimum Gasteiger partial charge on any atom is -0.444 e. The number of methoxy groups -OCH3 is 1. The van der Waals surface area contributed by atoms with Gasteiger partial charge in [0.15, 0.2) is 0 Å². The van der Waals surface area contributed by atoms with Gasteiger partial charge in [0.2, 0.25) is 17.7 Å². The zero-order valence-corrected chi connectivity index (χ0v) is 27.7. The largest absolute Gasteiger partial charge is 0.444 e. The molecule has 0 radical (unpaired) electrons. The van der Waals surface area contributed by atoms with Crippen molar-refractivity contribution in [3.05, 3.63) is 60.2 Å². The summed E-state index contributed by atoms with van der Waals surface area (Å²) in [6.45, 7) is 12.7. The number of amides is 4. The van der Waals surface area contributed by atoms with E-state index in [0.717, 1.165) is 16.7 Å². The van der Waals surface area contributed by atoms with E-state index in [1.54, 1.807) is 27.9 Å². The maximum absolute atomic E-state index is 14.4. The van der Waals surface area contributed by atoms with E-state index < -0.39 is 58.1 Å². The van der Waals surface area contributed by atoms with Gasteiger partial charge in [0.25, 0.3) is 0 Å². The maximum Gasteiger partial charge on any atom is 0.408 e. The second kappa shape index (κ2) is 12.5. The number of ether oxygens (including phenoxy) is 2. The number of alkyl carbamates (subject to hydrolysis) is 1. The Morgan fingerprint density at radius 2 is 1.56 bits per heavy atom. The van der Waals surface area contributed by atoms with Crippen molar-refractivity contribution >= 4 is 23.8 Å². The van der Waals surface area contributed by atoms with E-state index in [0.29, 0.717) is 12.8 Å². The molecule has 1 aliphatic heterocycles. The van der Waals surface area contributed by atoms with Gasteiger partial charge in [-0.3, -0.25) is 14.4 Å². The standard InChI is InChI=1S/C35H48N4O6/c1-9-24-19-35(24,30(36)42)38-28(40)26-20-34(44-8,25-17-15-23(16-18-25)22-13-11-10-12-14-22)21-39(26)29(41)27(32(2,3)4)37-31(43)45-33(5,6)7/h10-18,24,26-27H,9,19-21H2,1-8H3,(H2,36,42)(H,37,43)(H,38,40)/t24-,26+,27-,34+,35-/m1/s1. The van der Waals surface area contributed by atoms with Crippen molar-refractivity contribution in [3.63, 3.8) is 0 Å². The summed E-state index contributed by atoms with van der Waals surface area (Å²) in [7, 11) is 1.56. The number of hydrogen-bond donors (Lipinski definition) is 3. The van der Waals surface area contributed by atoms with Crippen LogP contribution in [-0.4, -0.2) is 65.6 Å². The van der Waals surface area contributed by atoms with Gasteiger partial charge >= 0.3 is 6.09 Å². The van der Waals surface area contributed by atoms with E-state index in [1.807, 2.05) is 82.3 Å². The molecular weight excluding hydrogens is 572 g/mol. The average Bonchev–Trinajstić information content (AvgIpc) is 3.55. The zero-order valence-electron chi connectivity index (χ0n) is 27.7. The fraction of sp³-hybridized carbons (Fsp3) is 0.543. The second-order valence-corrected chi connectivity index (χ2v) is 14.4. The lowest BCUT2D eigenvalue weighted by Gasteiger charge is -2.36. The quantitative estimate of drug-likeness (QED) is 0.377. The van der Waals surface area contributed by atoms with Crippen molar-refractivity contribution in [1.82, 2.24) is 15.5 Å². The third-order valence-electron chi connectivity index (χ3n) is 8.98. The highest BCUT2D eigenvalue weighted by Crippen LogP contribution is 2.47. The Bertz CT molecular complexity index is 1410. The van der Waals surface area contributed by atoms with Crippen LogP contribution in [0.4, 0.5) is 4.79 Å². The summed E-state index contributed by atoms with van der Waals surface area (Å²) in [5, 5.41) is 5.67. The molecule has 4 N–H and O–H groups in total. The number of nitrogens with zero attached hydrogens (tertiary/aromatic N) is 1. The lowest BCUT2D eigenvalue weighted by Crippen LogP contribution is -2.60. The maximum atomic E-state index is 14.4. The van der Waals surface area contributed by atoms with Crippen molar-refractivity contribution in [2.75, 3.05) is 13.7 Å². The molecule has 0 unspecified atom stereocenters. The fourth-order valence-corrected chi connectivity index (χ4v) is 6.29. The van der Waals surface area contributed by atoms with Crippen LogP contribution in [-0.2, 0) is 29.5 Å². The van der Waals surface area contributed by atoms with Gasteiger partial charge in [-0.1, -0.05) is 88.7 Å². The van der Waals surface area contributed by atoms with Crippen molar-refractivity contribution in [1.29, 1.82) is 0 Å². The van der Waals surface area contributed by atoms with Crippen molar-refractivity contribution < 1.29 is 28.7 Å². The fourth-order valence-electron chi connectivity index (χ4n) is 6.29. The van der Waals surface area contributed by atoms with Gasteiger partial charge in [-0.15, -0.1) is 0 Å². The van der Waals surface area contributed by atoms with Crippen LogP contribution in [0.3, 0.4) is 0 Å². The molecule has 2 aliphatic rings. The SMILES string of the molecule is CC[C@@H]1C[C@]1(NC(=O)[C@@H]1C[C@@](OC)(c2ccc(-c3ccccc3)cc2)CN1C(=O)[C@@H](NC(=O)OC(C)(C)C)C(C)(C)C)C(N)=O. The molecule has 10 nitrogen and oxygen atoms in total. The summed E-state index contributed by atoms with van der Waals surface area (Å²) in [5.74, 6) is -1.60. The minimum absolute atomic E-state index is 0.0501. The van der Waals surface area contributed by atoms with Crippen LogP contribution < -0.4 is 16.4 Å². The summed E-state index contributed by atoms with van der Waals surface area (Å²) in [5.41, 5.74) is 4.96. The first-order chi connectivity index (χ1) is 21.0. The van der Waals surface area contributed by atoms with Gasteiger partial charge in [-0.25, -0.2) is 4.79 Å². The number of nitrogens with two attached hydrogens (primary N) is 1. The highest BCUT2D eigenvalue weighted by Gasteiger charge is 2.61. The molecule has 0 bridgehead atoms. The zero-order chi connectivity index (χ0) is 33.4. The number of primary amides is 1. The predicted molar refractivity (Wildman–Crippen MR) is 172 cm³/mol. The number of hydrogen-bond acceptors (Lipinski definition) is 6. The summed E-state index contributed by atoms with van der Waals surface area (Å²) in [6, 6.07) is 15.8. The minimum atomic E-state index is -1.14. The number of nitrogens with one attached hydrogen (secondary N) is 2. The first kappa shape index (κ1) is 34.0. The Kier molecular flexibility index (Phi) is 9.41. The molecule has 1 heterocycles. The topological polar surface area (TPSA) is 140 Å². The van der Waals surface area contributed by atoms with Crippen LogP contribution in [0.5, 0.6) is 0 Å². The second-order valence-electron chi connectivity index (χ2n) is 14.4. The van der Waals surface area contributed by atoms with E-state index in [2.05, 4.69) is 10.6 Å². The summed E-state index contributed by atoms with van der Waals surface area (Å²) in [4.78, 5) is 55.3. The molecule has 10 heteroatoms. The van der Waals surface area contributed by atoms with E-state index >= 15 is 0 Å². The molecule has 4 amide bonds. The molecule has 0 aromatic heterocycles. The third kappa shape index (κ3) is 7.16. The van der Waals surface area contributed by atoms with Crippen LogP contribution in [0.15, 0.2) is 54.6 Å². The van der Waals surface area contributed by atoms with Crippen molar-refractivity contribution in [2.45, 2.75) is 96.6 Å². The first-order valence-corrected chi connectivity index (χ1v) is 15.6. The van der Waals surface area contributed by atoms with Crippen LogP contribution in [0, 0.1) is 11.3 Å². The molecule has 1 saturated carbocycles. The smallest absolute Gasteiger partial charge is 0.408 e. The van der Waals surface area contributed by atoms with Crippen LogP contribution in [0.1, 0.15) is 73.3 Å². The molecular formula is C35H48N4O6.